The van der Waals surface area contributed by atoms with Crippen LogP contribution < -0.4 is 10.8 Å². The first kappa shape index (κ1) is 17.4. The molecule has 0 atom stereocenters. The van der Waals surface area contributed by atoms with Crippen molar-refractivity contribution in [1.82, 2.24) is 10.5 Å². The number of nitrogens with zero attached hydrogens (tertiary/aromatic N) is 1. The van der Waals surface area contributed by atoms with Crippen LogP contribution >= 0.6 is 11.3 Å². The summed E-state index contributed by atoms with van der Waals surface area (Å²) in [5, 5.41) is 6.34. The molecule has 6 heteroatoms. The minimum absolute atomic E-state index is 0.244. The molecule has 0 radical (unpaired) electrons. The van der Waals surface area contributed by atoms with E-state index < -0.39 is 5.60 Å². The highest BCUT2D eigenvalue weighted by Crippen LogP contribution is 2.24. The number of thiophene rings is 1. The number of hydrogen-bond donors (Lipinski definition) is 2. The second-order valence-electron chi connectivity index (χ2n) is 6.65. The van der Waals surface area contributed by atoms with E-state index >= 15 is 0 Å². The van der Waals surface area contributed by atoms with Crippen molar-refractivity contribution < 1.29 is 9.63 Å². The molecular formula is C19H21N3O2S. The van der Waals surface area contributed by atoms with E-state index in [0.717, 1.165) is 22.2 Å². The lowest BCUT2D eigenvalue weighted by Gasteiger charge is -2.19. The summed E-state index contributed by atoms with van der Waals surface area (Å²) >= 11 is 1.38. The second kappa shape index (κ2) is 7.21. The fourth-order valence-electron chi connectivity index (χ4n) is 2.37. The summed E-state index contributed by atoms with van der Waals surface area (Å²) in [5.74, 6) is -0.244. The van der Waals surface area contributed by atoms with E-state index in [0.29, 0.717) is 11.4 Å². The van der Waals surface area contributed by atoms with Gasteiger partial charge in [-0.3, -0.25) is 14.6 Å². The molecule has 3 rings (SSSR count). The Morgan fingerprint density at radius 3 is 2.80 bits per heavy atom. The van der Waals surface area contributed by atoms with Crippen molar-refractivity contribution in [2.75, 3.05) is 5.32 Å². The van der Waals surface area contributed by atoms with E-state index in [-0.39, 0.29) is 5.91 Å². The molecule has 0 aliphatic rings. The molecule has 5 nitrogen and oxygen atoms in total. The minimum Gasteiger partial charge on any atom is -0.380 e. The van der Waals surface area contributed by atoms with Crippen LogP contribution in [0, 0.1) is 0 Å². The van der Waals surface area contributed by atoms with Gasteiger partial charge in [-0.25, -0.2) is 5.48 Å². The average molecular weight is 355 g/mol. The largest absolute Gasteiger partial charge is 0.380 e. The fraction of sp³-hybridized carbons (Fsp3) is 0.263. The number of pyridine rings is 1. The third-order valence-corrected chi connectivity index (χ3v) is 4.44. The Bertz CT molecular complexity index is 878. The summed E-state index contributed by atoms with van der Waals surface area (Å²) < 4.78 is 0. The number of aromatic nitrogens is 1. The Hall–Kier alpha value is -2.44. The van der Waals surface area contributed by atoms with E-state index in [1.54, 1.807) is 6.20 Å². The zero-order chi connectivity index (χ0) is 17.9. The lowest BCUT2D eigenvalue weighted by Crippen LogP contribution is -2.33. The molecule has 1 amide bonds. The highest BCUT2D eigenvalue weighted by Gasteiger charge is 2.17. The molecule has 0 spiro atoms. The molecule has 2 N–H and O–H groups in total. The lowest BCUT2D eigenvalue weighted by atomic mass is 10.1. The standard InChI is InChI=1S/C19H21N3O2S/c1-19(2,3)24-22-18(23)17-16(9-11-25-17)21-12-13-8-10-20-15-7-5-4-6-14(13)15/h4-11,21H,12H2,1-3H3,(H,22,23). The van der Waals surface area contributed by atoms with Crippen LogP contribution in [-0.4, -0.2) is 16.5 Å². The van der Waals surface area contributed by atoms with Crippen LogP contribution in [0.3, 0.4) is 0 Å². The molecule has 0 aliphatic carbocycles. The van der Waals surface area contributed by atoms with Crippen molar-refractivity contribution in [3.05, 3.63) is 58.4 Å². The number of hydroxylamine groups is 1. The van der Waals surface area contributed by atoms with E-state index in [1.165, 1.54) is 11.3 Å². The molecule has 0 saturated carbocycles. The number of benzene rings is 1. The van der Waals surface area contributed by atoms with Crippen LogP contribution in [0.4, 0.5) is 5.69 Å². The van der Waals surface area contributed by atoms with Crippen LogP contribution in [0.15, 0.2) is 48.0 Å². The molecule has 2 aromatic heterocycles. The van der Waals surface area contributed by atoms with Crippen molar-refractivity contribution in [2.45, 2.75) is 32.9 Å². The number of hydrogen-bond acceptors (Lipinski definition) is 5. The maximum absolute atomic E-state index is 12.3. The topological polar surface area (TPSA) is 63.2 Å². The number of anilines is 1. The van der Waals surface area contributed by atoms with Crippen LogP contribution in [0.2, 0.25) is 0 Å². The summed E-state index contributed by atoms with van der Waals surface area (Å²) in [4.78, 5) is 22.7. The SMILES string of the molecule is CC(C)(C)ONC(=O)c1sccc1NCc1ccnc2ccccc12. The number of nitrogens with one attached hydrogen (secondary N) is 2. The second-order valence-corrected chi connectivity index (χ2v) is 7.57. The predicted octanol–water partition coefficient (Wildman–Crippen LogP) is 4.37. The molecule has 0 aliphatic heterocycles. The Kier molecular flexibility index (Phi) is 5.01. The number of para-hydroxylation sites is 1. The maximum atomic E-state index is 12.3. The molecule has 0 unspecified atom stereocenters. The Morgan fingerprint density at radius 1 is 1.20 bits per heavy atom. The van der Waals surface area contributed by atoms with Gasteiger partial charge in [0.1, 0.15) is 4.88 Å². The first-order valence-corrected chi connectivity index (χ1v) is 8.94. The van der Waals surface area contributed by atoms with Crippen LogP contribution in [0.1, 0.15) is 36.0 Å². The normalized spacial score (nSPS) is 11.5. The van der Waals surface area contributed by atoms with Gasteiger partial charge >= 0.3 is 0 Å². The van der Waals surface area contributed by atoms with Gasteiger partial charge in [0, 0.05) is 18.1 Å². The molecule has 2 heterocycles. The van der Waals surface area contributed by atoms with E-state index in [1.807, 2.05) is 56.5 Å². The summed E-state index contributed by atoms with van der Waals surface area (Å²) in [6.45, 7) is 6.26. The highest BCUT2D eigenvalue weighted by atomic mass is 32.1. The first-order valence-electron chi connectivity index (χ1n) is 8.06. The van der Waals surface area contributed by atoms with Crippen molar-refractivity contribution in [3.8, 4) is 0 Å². The maximum Gasteiger partial charge on any atom is 0.287 e. The van der Waals surface area contributed by atoms with Gasteiger partial charge in [0.2, 0.25) is 0 Å². The third-order valence-electron chi connectivity index (χ3n) is 3.53. The Balaban J connectivity index is 1.72. The zero-order valence-corrected chi connectivity index (χ0v) is 15.3. The van der Waals surface area contributed by atoms with Crippen LogP contribution in [-0.2, 0) is 11.4 Å². The van der Waals surface area contributed by atoms with E-state index in [4.69, 9.17) is 4.84 Å². The average Bonchev–Trinajstić information content (AvgIpc) is 3.06. The number of carbonyl (C=O) groups is 1. The van der Waals surface area contributed by atoms with Gasteiger partial charge in [-0.1, -0.05) is 18.2 Å². The minimum atomic E-state index is -0.434. The molecule has 3 aromatic rings. The van der Waals surface area contributed by atoms with Gasteiger partial charge in [0.05, 0.1) is 16.8 Å². The zero-order valence-electron chi connectivity index (χ0n) is 14.5. The molecule has 0 saturated heterocycles. The lowest BCUT2D eigenvalue weighted by molar-refractivity contribution is -0.0587. The number of carbonyl (C=O) groups excluding carboxylic acids is 1. The smallest absolute Gasteiger partial charge is 0.287 e. The Morgan fingerprint density at radius 2 is 2.00 bits per heavy atom. The van der Waals surface area contributed by atoms with Gasteiger partial charge in [0.25, 0.3) is 5.91 Å². The molecule has 130 valence electrons. The van der Waals surface area contributed by atoms with Crippen molar-refractivity contribution in [1.29, 1.82) is 0 Å². The molecule has 0 bridgehead atoms. The highest BCUT2D eigenvalue weighted by molar-refractivity contribution is 7.12. The summed E-state index contributed by atoms with van der Waals surface area (Å²) in [7, 11) is 0. The number of rotatable bonds is 5. The number of amides is 1. The molecule has 1 aromatic carbocycles. The van der Waals surface area contributed by atoms with Gasteiger partial charge in [-0.2, -0.15) is 0 Å². The van der Waals surface area contributed by atoms with Crippen molar-refractivity contribution in [2.24, 2.45) is 0 Å². The third kappa shape index (κ3) is 4.35. The van der Waals surface area contributed by atoms with Crippen molar-refractivity contribution >= 4 is 33.8 Å². The summed E-state index contributed by atoms with van der Waals surface area (Å²) in [5.41, 5.74) is 4.97. The fourth-order valence-corrected chi connectivity index (χ4v) is 3.13. The van der Waals surface area contributed by atoms with Gasteiger partial charge in [-0.05, 0) is 49.9 Å². The van der Waals surface area contributed by atoms with E-state index in [9.17, 15) is 4.79 Å². The number of fused-ring (bicyclic) bond motifs is 1. The van der Waals surface area contributed by atoms with Crippen LogP contribution in [0.5, 0.6) is 0 Å². The quantitative estimate of drug-likeness (QED) is 0.667. The monoisotopic (exact) mass is 355 g/mol. The van der Waals surface area contributed by atoms with Crippen LogP contribution in [0.25, 0.3) is 10.9 Å². The Labute approximate surface area is 151 Å². The first-order chi connectivity index (χ1) is 11.9. The summed E-state index contributed by atoms with van der Waals surface area (Å²) in [6, 6.07) is 11.9. The van der Waals surface area contributed by atoms with Gasteiger partial charge < -0.3 is 5.32 Å². The molecular weight excluding hydrogens is 334 g/mol. The summed E-state index contributed by atoms with van der Waals surface area (Å²) in [6.07, 6.45) is 1.80. The molecule has 25 heavy (non-hydrogen) atoms. The molecule has 0 fully saturated rings. The van der Waals surface area contributed by atoms with Crippen molar-refractivity contribution in [3.63, 3.8) is 0 Å². The predicted molar refractivity (Wildman–Crippen MR) is 102 cm³/mol. The van der Waals surface area contributed by atoms with E-state index in [2.05, 4.69) is 21.8 Å². The van der Waals surface area contributed by atoms with Gasteiger partial charge in [-0.15, -0.1) is 11.3 Å². The van der Waals surface area contributed by atoms with Gasteiger partial charge in [0.15, 0.2) is 0 Å².